The van der Waals surface area contributed by atoms with Crippen LogP contribution in [0.25, 0.3) is 0 Å². The number of hydrogen-bond acceptors (Lipinski definition) is 3. The molecule has 2 rings (SSSR count). The molecule has 1 atom stereocenters. The Hall–Kier alpha value is -2.34. The molecule has 132 valence electrons. The predicted octanol–water partition coefficient (Wildman–Crippen LogP) is 5.14. The van der Waals surface area contributed by atoms with Gasteiger partial charge in [0.25, 0.3) is 0 Å². The number of aryl methyl sites for hydroxylation is 1. The fourth-order valence-electron chi connectivity index (χ4n) is 3.13. The zero-order valence-corrected chi connectivity index (χ0v) is 15.0. The molecule has 1 aliphatic rings. The van der Waals surface area contributed by atoms with Crippen molar-refractivity contribution >= 4 is 5.97 Å². The van der Waals surface area contributed by atoms with E-state index in [0.717, 1.165) is 25.7 Å². The van der Waals surface area contributed by atoms with Crippen molar-refractivity contribution in [1.29, 1.82) is 5.26 Å². The molecular formula is C22H27NO2. The molecular weight excluding hydrogens is 310 g/mol. The van der Waals surface area contributed by atoms with Crippen molar-refractivity contribution in [1.82, 2.24) is 0 Å². The molecule has 0 aromatic heterocycles. The maximum Gasteiger partial charge on any atom is 0.330 e. The summed E-state index contributed by atoms with van der Waals surface area (Å²) in [5, 5.41) is 9.78. The molecule has 0 spiro atoms. The fourth-order valence-corrected chi connectivity index (χ4v) is 3.13. The number of rotatable bonds is 8. The lowest BCUT2D eigenvalue weighted by molar-refractivity contribution is -0.149. The Labute approximate surface area is 151 Å². The van der Waals surface area contributed by atoms with Crippen molar-refractivity contribution in [3.63, 3.8) is 0 Å². The highest BCUT2D eigenvalue weighted by molar-refractivity contribution is 5.82. The molecule has 3 heteroatoms. The molecule has 0 N–H and O–H groups in total. The largest absolute Gasteiger partial charge is 0.465 e. The average Bonchev–Trinajstić information content (AvgIpc) is 2.66. The van der Waals surface area contributed by atoms with Gasteiger partial charge in [-0.05, 0) is 57.4 Å². The van der Waals surface area contributed by atoms with E-state index in [1.54, 1.807) is 13.0 Å². The number of hydrogen-bond donors (Lipinski definition) is 0. The number of nitrogens with zero attached hydrogens (tertiary/aromatic N) is 1. The summed E-state index contributed by atoms with van der Waals surface area (Å²) in [5.41, 5.74) is 1.25. The maximum atomic E-state index is 12.5. The van der Waals surface area contributed by atoms with Crippen molar-refractivity contribution in [3.8, 4) is 6.07 Å². The standard InChI is InChI=1S/C22H27NO2/c1-2-25-21(24)22(18-23,17-15-20-12-7-4-8-13-20)16-9-14-19-10-5-3-6-11-19/h3,5-6,10-12,15,17H,2,4,7-9,13-14,16H2,1H3/b17-15+/t22-/m0/s1. The third-order valence-electron chi connectivity index (χ3n) is 4.63. The molecule has 1 aromatic carbocycles. The van der Waals surface area contributed by atoms with Crippen LogP contribution in [0.5, 0.6) is 0 Å². The zero-order valence-electron chi connectivity index (χ0n) is 15.0. The van der Waals surface area contributed by atoms with E-state index in [1.807, 2.05) is 24.3 Å². The Bertz CT molecular complexity index is 654. The lowest BCUT2D eigenvalue weighted by atomic mass is 9.82. The Balaban J connectivity index is 2.10. The van der Waals surface area contributed by atoms with E-state index in [9.17, 15) is 10.1 Å². The topological polar surface area (TPSA) is 50.1 Å². The van der Waals surface area contributed by atoms with Gasteiger partial charge in [-0.25, -0.2) is 4.79 Å². The number of allylic oxidation sites excluding steroid dienone is 3. The van der Waals surface area contributed by atoms with Crippen molar-refractivity contribution in [2.75, 3.05) is 6.61 Å². The van der Waals surface area contributed by atoms with Gasteiger partial charge in [-0.1, -0.05) is 54.1 Å². The van der Waals surface area contributed by atoms with E-state index in [-0.39, 0.29) is 6.61 Å². The molecule has 3 nitrogen and oxygen atoms in total. The second-order valence-corrected chi connectivity index (χ2v) is 6.50. The SMILES string of the molecule is CCOC(=O)[C@](C#N)(/C=C/C1=CCCCC1)CCCc1ccccc1. The van der Waals surface area contributed by atoms with Crippen LogP contribution in [0.1, 0.15) is 51.0 Å². The third kappa shape index (κ3) is 5.60. The average molecular weight is 337 g/mol. The van der Waals surface area contributed by atoms with Crippen molar-refractivity contribution in [2.45, 2.75) is 51.9 Å². The van der Waals surface area contributed by atoms with Crippen LogP contribution in [0.15, 0.2) is 54.1 Å². The first kappa shape index (κ1) is 19.0. The van der Waals surface area contributed by atoms with Crippen molar-refractivity contribution < 1.29 is 9.53 Å². The number of benzene rings is 1. The van der Waals surface area contributed by atoms with Crippen LogP contribution in [0, 0.1) is 16.7 Å². The molecule has 1 aromatic rings. The van der Waals surface area contributed by atoms with Gasteiger partial charge < -0.3 is 4.74 Å². The lowest BCUT2D eigenvalue weighted by Crippen LogP contribution is -2.30. The van der Waals surface area contributed by atoms with E-state index in [0.29, 0.717) is 6.42 Å². The van der Waals surface area contributed by atoms with Gasteiger partial charge in [0.1, 0.15) is 0 Å². The summed E-state index contributed by atoms with van der Waals surface area (Å²) in [6.45, 7) is 2.06. The highest BCUT2D eigenvalue weighted by atomic mass is 16.5. The van der Waals surface area contributed by atoms with Crippen LogP contribution in [0.3, 0.4) is 0 Å². The molecule has 0 fully saturated rings. The van der Waals surface area contributed by atoms with E-state index in [4.69, 9.17) is 4.74 Å². The van der Waals surface area contributed by atoms with Crippen LogP contribution in [0.2, 0.25) is 0 Å². The van der Waals surface area contributed by atoms with Crippen LogP contribution in [-0.4, -0.2) is 12.6 Å². The summed E-state index contributed by atoms with van der Waals surface area (Å²) < 4.78 is 5.21. The van der Waals surface area contributed by atoms with Crippen LogP contribution in [-0.2, 0) is 16.0 Å². The summed E-state index contributed by atoms with van der Waals surface area (Å²) in [5.74, 6) is -0.432. The second-order valence-electron chi connectivity index (χ2n) is 6.50. The van der Waals surface area contributed by atoms with Gasteiger partial charge in [-0.2, -0.15) is 5.26 Å². The predicted molar refractivity (Wildman–Crippen MR) is 99.8 cm³/mol. The summed E-state index contributed by atoms with van der Waals surface area (Å²) >= 11 is 0. The molecule has 0 unspecified atom stereocenters. The first-order chi connectivity index (χ1) is 12.2. The number of esters is 1. The molecule has 0 saturated carbocycles. The highest BCUT2D eigenvalue weighted by Gasteiger charge is 2.37. The first-order valence-electron chi connectivity index (χ1n) is 9.21. The van der Waals surface area contributed by atoms with Crippen molar-refractivity contribution in [2.24, 2.45) is 5.41 Å². The number of nitriles is 1. The van der Waals surface area contributed by atoms with Crippen LogP contribution >= 0.6 is 0 Å². The van der Waals surface area contributed by atoms with Gasteiger partial charge >= 0.3 is 5.97 Å². The van der Waals surface area contributed by atoms with Gasteiger partial charge in [0.05, 0.1) is 12.7 Å². The van der Waals surface area contributed by atoms with Gasteiger partial charge in [0, 0.05) is 0 Å². The van der Waals surface area contributed by atoms with E-state index < -0.39 is 11.4 Å². The molecule has 0 bridgehead atoms. The third-order valence-corrected chi connectivity index (χ3v) is 4.63. The van der Waals surface area contributed by atoms with Gasteiger partial charge in [-0.15, -0.1) is 0 Å². The second kappa shape index (κ2) is 9.84. The number of ether oxygens (including phenoxy) is 1. The molecule has 25 heavy (non-hydrogen) atoms. The van der Waals surface area contributed by atoms with Crippen molar-refractivity contribution in [3.05, 3.63) is 59.7 Å². The Morgan fingerprint density at radius 3 is 2.76 bits per heavy atom. The summed E-state index contributed by atoms with van der Waals surface area (Å²) in [6.07, 6.45) is 12.5. The normalized spacial score (nSPS) is 16.7. The molecule has 0 aliphatic heterocycles. The molecule has 1 aliphatic carbocycles. The quantitative estimate of drug-likeness (QED) is 0.617. The molecule has 0 saturated heterocycles. The zero-order chi connectivity index (χ0) is 18.0. The molecule has 0 radical (unpaired) electrons. The lowest BCUT2D eigenvalue weighted by Gasteiger charge is -2.21. The Morgan fingerprint density at radius 1 is 1.32 bits per heavy atom. The Morgan fingerprint density at radius 2 is 2.12 bits per heavy atom. The van der Waals surface area contributed by atoms with Gasteiger partial charge in [0.15, 0.2) is 5.41 Å². The summed E-state index contributed by atoms with van der Waals surface area (Å²) in [4.78, 5) is 12.5. The Kier molecular flexibility index (Phi) is 7.47. The molecule has 0 amide bonds. The number of carbonyl (C=O) groups is 1. The van der Waals surface area contributed by atoms with E-state index in [2.05, 4.69) is 24.3 Å². The fraction of sp³-hybridized carbons (Fsp3) is 0.455. The van der Waals surface area contributed by atoms with E-state index in [1.165, 1.54) is 24.0 Å². The summed E-state index contributed by atoms with van der Waals surface area (Å²) in [6, 6.07) is 12.4. The van der Waals surface area contributed by atoms with E-state index >= 15 is 0 Å². The van der Waals surface area contributed by atoms with Crippen LogP contribution in [0.4, 0.5) is 0 Å². The molecule has 0 heterocycles. The minimum absolute atomic E-state index is 0.289. The van der Waals surface area contributed by atoms with Gasteiger partial charge in [0.2, 0.25) is 0 Å². The van der Waals surface area contributed by atoms with Crippen LogP contribution < -0.4 is 0 Å². The minimum Gasteiger partial charge on any atom is -0.465 e. The number of carbonyl (C=O) groups excluding carboxylic acids is 1. The van der Waals surface area contributed by atoms with Gasteiger partial charge in [-0.3, -0.25) is 0 Å². The monoisotopic (exact) mass is 337 g/mol. The first-order valence-corrected chi connectivity index (χ1v) is 9.21. The maximum absolute atomic E-state index is 12.5. The smallest absolute Gasteiger partial charge is 0.330 e. The summed E-state index contributed by atoms with van der Waals surface area (Å²) in [7, 11) is 0. The minimum atomic E-state index is -1.19. The highest BCUT2D eigenvalue weighted by Crippen LogP contribution is 2.30.